The third-order valence-electron chi connectivity index (χ3n) is 5.16. The second kappa shape index (κ2) is 9.99. The van der Waals surface area contributed by atoms with E-state index in [-0.39, 0.29) is 48.2 Å². The Kier molecular flexibility index (Phi) is 7.98. The van der Waals surface area contributed by atoms with Gasteiger partial charge in [-0.25, -0.2) is 8.78 Å². The predicted octanol–water partition coefficient (Wildman–Crippen LogP) is 2.04. The van der Waals surface area contributed by atoms with Crippen molar-refractivity contribution < 1.29 is 18.4 Å². The molecular formula is C19H26ClF2N3O2. The van der Waals surface area contributed by atoms with E-state index >= 15 is 0 Å². The van der Waals surface area contributed by atoms with Crippen LogP contribution in [-0.4, -0.2) is 48.9 Å². The summed E-state index contributed by atoms with van der Waals surface area (Å²) in [6, 6.07) is 3.06. The van der Waals surface area contributed by atoms with Crippen LogP contribution in [0.4, 0.5) is 8.78 Å². The van der Waals surface area contributed by atoms with Gasteiger partial charge < -0.3 is 15.5 Å². The lowest BCUT2D eigenvalue weighted by Crippen LogP contribution is -2.47. The third kappa shape index (κ3) is 5.87. The molecule has 2 aliphatic rings. The van der Waals surface area contributed by atoms with Crippen molar-refractivity contribution in [3.63, 3.8) is 0 Å². The van der Waals surface area contributed by atoms with Gasteiger partial charge in [-0.05, 0) is 56.3 Å². The van der Waals surface area contributed by atoms with Crippen LogP contribution in [0.2, 0.25) is 0 Å². The molecule has 2 heterocycles. The Morgan fingerprint density at radius 3 is 2.78 bits per heavy atom. The second-order valence-electron chi connectivity index (χ2n) is 7.15. The van der Waals surface area contributed by atoms with E-state index in [9.17, 15) is 18.4 Å². The van der Waals surface area contributed by atoms with Crippen LogP contribution in [0.1, 0.15) is 31.2 Å². The summed E-state index contributed by atoms with van der Waals surface area (Å²) in [6.07, 6.45) is 3.52. The number of benzene rings is 1. The summed E-state index contributed by atoms with van der Waals surface area (Å²) in [5.74, 6) is -1.11. The lowest BCUT2D eigenvalue weighted by atomic mass is 9.97. The molecular weight excluding hydrogens is 376 g/mol. The second-order valence-corrected chi connectivity index (χ2v) is 7.15. The number of rotatable bonds is 5. The summed E-state index contributed by atoms with van der Waals surface area (Å²) in [6.45, 7) is 2.56. The minimum Gasteiger partial charge on any atom is -0.354 e. The molecule has 1 aromatic carbocycles. The highest BCUT2D eigenvalue weighted by Gasteiger charge is 2.26. The zero-order valence-corrected chi connectivity index (χ0v) is 16.0. The van der Waals surface area contributed by atoms with Gasteiger partial charge in [0.25, 0.3) is 0 Å². The SMILES string of the molecule is Cl.O=C(NCC1CCCN(C(=O)Cc2cc(F)ccc2F)C1)C1CCCN1. The van der Waals surface area contributed by atoms with Gasteiger partial charge in [-0.15, -0.1) is 12.4 Å². The molecule has 0 aromatic heterocycles. The van der Waals surface area contributed by atoms with Gasteiger partial charge in [-0.1, -0.05) is 0 Å². The molecule has 8 heteroatoms. The Bertz CT molecular complexity index is 668. The first-order valence-electron chi connectivity index (χ1n) is 9.25. The topological polar surface area (TPSA) is 61.4 Å². The minimum atomic E-state index is -0.565. The monoisotopic (exact) mass is 401 g/mol. The summed E-state index contributed by atoms with van der Waals surface area (Å²) < 4.78 is 27.0. The molecule has 2 fully saturated rings. The van der Waals surface area contributed by atoms with E-state index in [2.05, 4.69) is 10.6 Å². The van der Waals surface area contributed by atoms with Crippen LogP contribution >= 0.6 is 12.4 Å². The number of carbonyl (C=O) groups is 2. The third-order valence-corrected chi connectivity index (χ3v) is 5.16. The number of carbonyl (C=O) groups excluding carboxylic acids is 2. The fourth-order valence-electron chi connectivity index (χ4n) is 3.69. The average Bonchev–Trinajstić information content (AvgIpc) is 3.18. The van der Waals surface area contributed by atoms with Crippen LogP contribution in [-0.2, 0) is 16.0 Å². The van der Waals surface area contributed by atoms with Gasteiger partial charge in [0.15, 0.2) is 0 Å². The Morgan fingerprint density at radius 2 is 2.04 bits per heavy atom. The molecule has 0 bridgehead atoms. The number of likely N-dealkylation sites (tertiary alicyclic amines) is 1. The lowest BCUT2D eigenvalue weighted by molar-refractivity contribution is -0.132. The highest BCUT2D eigenvalue weighted by Crippen LogP contribution is 2.18. The highest BCUT2D eigenvalue weighted by atomic mass is 35.5. The fraction of sp³-hybridized carbons (Fsp3) is 0.579. The van der Waals surface area contributed by atoms with Crippen molar-refractivity contribution in [2.75, 3.05) is 26.2 Å². The zero-order chi connectivity index (χ0) is 18.5. The van der Waals surface area contributed by atoms with Crippen molar-refractivity contribution in [1.29, 1.82) is 0 Å². The van der Waals surface area contributed by atoms with E-state index in [0.29, 0.717) is 19.6 Å². The number of nitrogens with one attached hydrogen (secondary N) is 2. The van der Waals surface area contributed by atoms with E-state index in [1.165, 1.54) is 0 Å². The molecule has 27 heavy (non-hydrogen) atoms. The van der Waals surface area contributed by atoms with E-state index < -0.39 is 11.6 Å². The van der Waals surface area contributed by atoms with Crippen LogP contribution in [0, 0.1) is 17.6 Å². The maximum Gasteiger partial charge on any atom is 0.237 e. The Hall–Kier alpha value is -1.73. The standard InChI is InChI=1S/C19H25F2N3O2.ClH/c20-15-5-6-16(21)14(9-15)10-18(25)24-8-2-3-13(12-24)11-23-19(26)17-4-1-7-22-17;/h5-6,9,13,17,22H,1-4,7-8,10-12H2,(H,23,26);1H. The maximum atomic E-state index is 13.7. The fourth-order valence-corrected chi connectivity index (χ4v) is 3.69. The Balaban J connectivity index is 0.00000261. The van der Waals surface area contributed by atoms with Crippen molar-refractivity contribution in [3.05, 3.63) is 35.4 Å². The number of hydrogen-bond acceptors (Lipinski definition) is 3. The van der Waals surface area contributed by atoms with Crippen LogP contribution in [0.25, 0.3) is 0 Å². The summed E-state index contributed by atoms with van der Waals surface area (Å²) in [7, 11) is 0. The summed E-state index contributed by atoms with van der Waals surface area (Å²) in [5.41, 5.74) is 0.0812. The molecule has 0 saturated carbocycles. The van der Waals surface area contributed by atoms with E-state index in [1.807, 2.05) is 0 Å². The molecule has 150 valence electrons. The Labute approximate surface area is 164 Å². The van der Waals surface area contributed by atoms with Crippen LogP contribution in [0.5, 0.6) is 0 Å². The van der Waals surface area contributed by atoms with Gasteiger partial charge in [-0.3, -0.25) is 9.59 Å². The molecule has 0 spiro atoms. The molecule has 2 N–H and O–H groups in total. The van der Waals surface area contributed by atoms with Gasteiger partial charge in [0.05, 0.1) is 12.5 Å². The number of nitrogens with zero attached hydrogens (tertiary/aromatic N) is 1. The predicted molar refractivity (Wildman–Crippen MR) is 101 cm³/mol. The normalized spacial score (nSPS) is 22.2. The quantitative estimate of drug-likeness (QED) is 0.793. The molecule has 0 radical (unpaired) electrons. The first-order valence-corrected chi connectivity index (χ1v) is 9.25. The first kappa shape index (κ1) is 21.6. The molecule has 2 aliphatic heterocycles. The molecule has 2 unspecified atom stereocenters. The number of hydrogen-bond donors (Lipinski definition) is 2. The molecule has 2 saturated heterocycles. The first-order chi connectivity index (χ1) is 12.5. The molecule has 0 aliphatic carbocycles. The van der Waals surface area contributed by atoms with Gasteiger partial charge in [0, 0.05) is 25.2 Å². The summed E-state index contributed by atoms with van der Waals surface area (Å²) in [4.78, 5) is 26.2. The molecule has 3 rings (SSSR count). The van der Waals surface area contributed by atoms with Crippen LogP contribution < -0.4 is 10.6 Å². The highest BCUT2D eigenvalue weighted by molar-refractivity contribution is 5.85. The molecule has 1 aromatic rings. The van der Waals surface area contributed by atoms with Crippen molar-refractivity contribution in [2.24, 2.45) is 5.92 Å². The average molecular weight is 402 g/mol. The zero-order valence-electron chi connectivity index (χ0n) is 15.2. The Morgan fingerprint density at radius 1 is 1.22 bits per heavy atom. The number of halogens is 3. The largest absolute Gasteiger partial charge is 0.354 e. The molecule has 5 nitrogen and oxygen atoms in total. The molecule has 2 amide bonds. The van der Waals surface area contributed by atoms with Crippen molar-refractivity contribution >= 4 is 24.2 Å². The number of amides is 2. The minimum absolute atomic E-state index is 0. The van der Waals surface area contributed by atoms with E-state index in [1.54, 1.807) is 4.90 Å². The van der Waals surface area contributed by atoms with Gasteiger partial charge >= 0.3 is 0 Å². The van der Waals surface area contributed by atoms with Gasteiger partial charge in [0.1, 0.15) is 11.6 Å². The van der Waals surface area contributed by atoms with Crippen LogP contribution in [0.15, 0.2) is 18.2 Å². The molecule has 2 atom stereocenters. The van der Waals surface area contributed by atoms with E-state index in [4.69, 9.17) is 0 Å². The van der Waals surface area contributed by atoms with Crippen molar-refractivity contribution in [2.45, 2.75) is 38.1 Å². The van der Waals surface area contributed by atoms with Gasteiger partial charge in [-0.2, -0.15) is 0 Å². The van der Waals surface area contributed by atoms with Crippen LogP contribution in [0.3, 0.4) is 0 Å². The smallest absolute Gasteiger partial charge is 0.237 e. The summed E-state index contributed by atoms with van der Waals surface area (Å²) >= 11 is 0. The maximum absolute atomic E-state index is 13.7. The lowest BCUT2D eigenvalue weighted by Gasteiger charge is -2.33. The van der Waals surface area contributed by atoms with Crippen molar-refractivity contribution in [1.82, 2.24) is 15.5 Å². The summed E-state index contributed by atoms with van der Waals surface area (Å²) in [5, 5.41) is 6.14. The van der Waals surface area contributed by atoms with E-state index in [0.717, 1.165) is 50.4 Å². The number of piperidine rings is 1. The van der Waals surface area contributed by atoms with Gasteiger partial charge in [0.2, 0.25) is 11.8 Å². The van der Waals surface area contributed by atoms with Crippen molar-refractivity contribution in [3.8, 4) is 0 Å².